The first-order chi connectivity index (χ1) is 23.2. The Kier molecular flexibility index (Phi) is 9.83. The highest BCUT2D eigenvalue weighted by Gasteiger charge is 2.18. The monoisotopic (exact) mass is 648 g/mol. The number of morpholine rings is 1. The number of amides is 3. The number of fused-ring (bicyclic) bond motifs is 1. The second-order valence-corrected chi connectivity index (χ2v) is 12.0. The number of carbonyl (C=O) groups is 3. The Morgan fingerprint density at radius 3 is 2.27 bits per heavy atom. The molecule has 1 aliphatic heterocycles. The highest BCUT2D eigenvalue weighted by atomic mass is 16.5. The van der Waals surface area contributed by atoms with Crippen LogP contribution in [0.1, 0.15) is 37.8 Å². The van der Waals surface area contributed by atoms with Crippen molar-refractivity contribution in [2.24, 2.45) is 21.1 Å². The Balaban J connectivity index is 1.02. The largest absolute Gasteiger partial charge is 0.379 e. The van der Waals surface area contributed by atoms with Crippen LogP contribution in [0.15, 0.2) is 73.3 Å². The van der Waals surface area contributed by atoms with Gasteiger partial charge in [-0.25, -0.2) is 0 Å². The molecule has 3 N–H and O–H groups in total. The molecule has 0 aliphatic carbocycles. The maximum atomic E-state index is 13.2. The van der Waals surface area contributed by atoms with Gasteiger partial charge in [0.25, 0.3) is 11.8 Å². The zero-order chi connectivity index (χ0) is 33.6. The van der Waals surface area contributed by atoms with Crippen molar-refractivity contribution >= 4 is 52.2 Å². The van der Waals surface area contributed by atoms with Crippen LogP contribution >= 0.6 is 0 Å². The Morgan fingerprint density at radius 1 is 0.812 bits per heavy atom. The van der Waals surface area contributed by atoms with E-state index in [4.69, 9.17) is 4.74 Å². The molecule has 4 aromatic heterocycles. The fourth-order valence-corrected chi connectivity index (χ4v) is 5.80. The molecule has 48 heavy (non-hydrogen) atoms. The second-order valence-electron chi connectivity index (χ2n) is 12.0. The molecule has 0 atom stereocenters. The van der Waals surface area contributed by atoms with E-state index in [1.807, 2.05) is 66.5 Å². The number of benzene rings is 1. The van der Waals surface area contributed by atoms with Gasteiger partial charge in [-0.2, -0.15) is 0 Å². The Labute approximate surface area is 279 Å². The van der Waals surface area contributed by atoms with E-state index in [1.165, 1.54) is 0 Å². The fraction of sp³-hybridized carbons (Fsp3) is 0.278. The molecule has 12 heteroatoms. The van der Waals surface area contributed by atoms with Crippen LogP contribution in [0.2, 0.25) is 0 Å². The summed E-state index contributed by atoms with van der Waals surface area (Å²) in [6, 6.07) is 15.3. The van der Waals surface area contributed by atoms with Crippen LogP contribution in [-0.2, 0) is 37.1 Å². The van der Waals surface area contributed by atoms with Crippen molar-refractivity contribution < 1.29 is 19.1 Å². The number of aromatic nitrogens is 4. The average molecular weight is 649 g/mol. The molecule has 5 heterocycles. The summed E-state index contributed by atoms with van der Waals surface area (Å²) >= 11 is 0. The fourth-order valence-electron chi connectivity index (χ4n) is 5.80. The van der Waals surface area contributed by atoms with E-state index < -0.39 is 0 Å². The first-order valence-corrected chi connectivity index (χ1v) is 15.9. The normalized spacial score (nSPS) is 13.6. The van der Waals surface area contributed by atoms with Crippen LogP contribution in [0.25, 0.3) is 23.1 Å². The van der Waals surface area contributed by atoms with Crippen molar-refractivity contribution in [3.05, 3.63) is 102 Å². The molecule has 0 unspecified atom stereocenters. The Hall–Kier alpha value is -5.46. The molecule has 0 saturated carbocycles. The summed E-state index contributed by atoms with van der Waals surface area (Å²) < 4.78 is 10.6. The number of nitrogens with zero attached hydrogens (tertiary/aromatic N) is 5. The highest BCUT2D eigenvalue weighted by molar-refractivity contribution is 6.05. The van der Waals surface area contributed by atoms with E-state index in [1.54, 1.807) is 47.8 Å². The van der Waals surface area contributed by atoms with Crippen LogP contribution in [-0.4, -0.2) is 80.7 Å². The van der Waals surface area contributed by atoms with Gasteiger partial charge >= 0.3 is 0 Å². The van der Waals surface area contributed by atoms with Gasteiger partial charge in [0.15, 0.2) is 0 Å². The lowest BCUT2D eigenvalue weighted by atomic mass is 10.1. The standard InChI is InChI=1S/C36H40N8O4/c1-41-22-26(9-8-25-16-27-6-4-5-7-31(27)38-21-25)17-30(41)20-34(45)39-28-18-33(43(3)23-28)36(47)40-29-19-32(42(2)24-29)35(46)37-10-11-44-12-14-48-15-13-44/h4-9,16-19,21-24H,10-15,20H2,1-3H3,(H,37,46)(H,39,45)(H,40,47)/b9-8+. The summed E-state index contributed by atoms with van der Waals surface area (Å²) in [4.78, 5) is 45.7. The smallest absolute Gasteiger partial charge is 0.272 e. The van der Waals surface area contributed by atoms with Gasteiger partial charge in [-0.15, -0.1) is 0 Å². The third-order valence-electron chi connectivity index (χ3n) is 8.38. The van der Waals surface area contributed by atoms with Gasteiger partial charge in [0.05, 0.1) is 36.5 Å². The van der Waals surface area contributed by atoms with E-state index in [0.717, 1.165) is 47.4 Å². The maximum Gasteiger partial charge on any atom is 0.272 e. The number of carbonyl (C=O) groups excluding carboxylic acids is 3. The molecule has 248 valence electrons. The lowest BCUT2D eigenvalue weighted by molar-refractivity contribution is -0.115. The first-order valence-electron chi connectivity index (χ1n) is 15.9. The van der Waals surface area contributed by atoms with E-state index >= 15 is 0 Å². The van der Waals surface area contributed by atoms with Gasteiger partial charge in [-0.1, -0.05) is 30.4 Å². The second kappa shape index (κ2) is 14.5. The van der Waals surface area contributed by atoms with Crippen LogP contribution in [0.5, 0.6) is 0 Å². The van der Waals surface area contributed by atoms with Gasteiger partial charge in [-0.3, -0.25) is 24.3 Å². The molecule has 6 rings (SSSR count). The number of pyridine rings is 1. The van der Waals surface area contributed by atoms with Gasteiger partial charge in [0.2, 0.25) is 5.91 Å². The van der Waals surface area contributed by atoms with Crippen LogP contribution in [0.4, 0.5) is 11.4 Å². The summed E-state index contributed by atoms with van der Waals surface area (Å²) in [5.74, 6) is -0.766. The van der Waals surface area contributed by atoms with E-state index in [9.17, 15) is 14.4 Å². The Morgan fingerprint density at radius 2 is 1.50 bits per heavy atom. The van der Waals surface area contributed by atoms with E-state index in [-0.39, 0.29) is 24.1 Å². The number of hydrogen-bond acceptors (Lipinski definition) is 6. The zero-order valence-corrected chi connectivity index (χ0v) is 27.4. The molecule has 0 bridgehead atoms. The van der Waals surface area contributed by atoms with Crippen molar-refractivity contribution in [2.75, 3.05) is 50.0 Å². The lowest BCUT2D eigenvalue weighted by Crippen LogP contribution is -2.41. The van der Waals surface area contributed by atoms with Crippen molar-refractivity contribution in [1.82, 2.24) is 28.9 Å². The average Bonchev–Trinajstić information content (AvgIpc) is 3.75. The van der Waals surface area contributed by atoms with E-state index in [0.29, 0.717) is 42.5 Å². The summed E-state index contributed by atoms with van der Waals surface area (Å²) in [6.07, 6.45) is 11.4. The highest BCUT2D eigenvalue weighted by Crippen LogP contribution is 2.19. The number of hydrogen-bond donors (Lipinski definition) is 3. The molecule has 5 aromatic rings. The molecule has 0 spiro atoms. The first kappa shape index (κ1) is 32.5. The number of anilines is 2. The number of para-hydroxylation sites is 1. The summed E-state index contributed by atoms with van der Waals surface area (Å²) in [5.41, 5.74) is 5.59. The number of nitrogens with one attached hydrogen (secondary N) is 3. The molecule has 1 aliphatic rings. The molecular formula is C36H40N8O4. The Bertz CT molecular complexity index is 1980. The summed E-state index contributed by atoms with van der Waals surface area (Å²) in [6.45, 7) is 4.42. The third kappa shape index (κ3) is 7.91. The topological polar surface area (TPSA) is 127 Å². The SMILES string of the molecule is Cn1cc(/C=C/c2cnc3ccccc3c2)cc1CC(=O)Nc1cc(C(=O)Nc2cc(C(=O)NCCN3CCOCC3)n(C)c2)n(C)c1. The third-order valence-corrected chi connectivity index (χ3v) is 8.38. The van der Waals surface area contributed by atoms with E-state index in [2.05, 4.69) is 31.9 Å². The van der Waals surface area contributed by atoms with Crippen molar-refractivity contribution in [3.63, 3.8) is 0 Å². The van der Waals surface area contributed by atoms with Gasteiger partial charge in [0.1, 0.15) is 11.4 Å². The number of rotatable bonds is 11. The van der Waals surface area contributed by atoms with Crippen LogP contribution < -0.4 is 16.0 Å². The van der Waals surface area contributed by atoms with Crippen molar-refractivity contribution in [3.8, 4) is 0 Å². The maximum absolute atomic E-state index is 13.2. The van der Waals surface area contributed by atoms with Crippen molar-refractivity contribution in [1.29, 1.82) is 0 Å². The molecule has 1 fully saturated rings. The minimum atomic E-state index is -0.358. The van der Waals surface area contributed by atoms with Crippen LogP contribution in [0, 0.1) is 0 Å². The molecule has 0 radical (unpaired) electrons. The number of aryl methyl sites for hydroxylation is 3. The predicted molar refractivity (Wildman–Crippen MR) is 187 cm³/mol. The minimum absolute atomic E-state index is 0.166. The zero-order valence-electron chi connectivity index (χ0n) is 27.4. The molecular weight excluding hydrogens is 608 g/mol. The minimum Gasteiger partial charge on any atom is -0.379 e. The predicted octanol–water partition coefficient (Wildman–Crippen LogP) is 3.92. The van der Waals surface area contributed by atoms with Crippen molar-refractivity contribution in [2.45, 2.75) is 6.42 Å². The van der Waals surface area contributed by atoms with Gasteiger partial charge < -0.3 is 34.4 Å². The molecule has 12 nitrogen and oxygen atoms in total. The molecule has 1 saturated heterocycles. The molecule has 3 amide bonds. The van der Waals surface area contributed by atoms with Gasteiger partial charge in [0, 0.05) is 83.2 Å². The molecule has 1 aromatic carbocycles. The summed E-state index contributed by atoms with van der Waals surface area (Å²) in [5, 5.41) is 9.80. The number of ether oxygens (including phenoxy) is 1. The van der Waals surface area contributed by atoms with Crippen LogP contribution in [0.3, 0.4) is 0 Å². The quantitative estimate of drug-likeness (QED) is 0.199. The summed E-state index contributed by atoms with van der Waals surface area (Å²) in [7, 11) is 5.41. The van der Waals surface area contributed by atoms with Gasteiger partial charge in [-0.05, 0) is 41.5 Å². The lowest BCUT2D eigenvalue weighted by Gasteiger charge is -2.26.